The number of nitrogens with one attached hydrogen (secondary N) is 1. The summed E-state index contributed by atoms with van der Waals surface area (Å²) < 4.78 is 0. The Kier molecular flexibility index (Phi) is 4.39. The highest BCUT2D eigenvalue weighted by molar-refractivity contribution is 6.33. The molecule has 0 unspecified atom stereocenters. The number of phenolic OH excluding ortho intramolecular Hbond substituents is 1. The van der Waals surface area contributed by atoms with Gasteiger partial charge in [-0.1, -0.05) is 29.8 Å². The largest absolute Gasteiger partial charge is 0.508 e. The minimum absolute atomic E-state index is 0.0151. The number of nitro benzene ring substituents is 1. The van der Waals surface area contributed by atoms with E-state index in [1.54, 1.807) is 18.2 Å². The second kappa shape index (κ2) is 6.23. The van der Waals surface area contributed by atoms with Gasteiger partial charge in [-0.2, -0.15) is 0 Å². The first-order valence-corrected chi connectivity index (χ1v) is 6.36. The molecule has 21 heavy (non-hydrogen) atoms. The van der Waals surface area contributed by atoms with Crippen molar-refractivity contribution < 1.29 is 14.8 Å². The molecule has 2 aromatic rings. The number of nitrogens with zero attached hydrogens (tertiary/aromatic N) is 1. The summed E-state index contributed by atoms with van der Waals surface area (Å²) in [4.78, 5) is 22.1. The lowest BCUT2D eigenvalue weighted by Crippen LogP contribution is -2.23. The van der Waals surface area contributed by atoms with Crippen molar-refractivity contribution in [2.45, 2.75) is 6.54 Å². The quantitative estimate of drug-likeness (QED) is 0.671. The number of hydrogen-bond acceptors (Lipinski definition) is 4. The van der Waals surface area contributed by atoms with Crippen LogP contribution in [0.1, 0.15) is 15.9 Å². The average molecular weight is 307 g/mol. The number of halogens is 1. The van der Waals surface area contributed by atoms with Gasteiger partial charge in [0.05, 0.1) is 15.5 Å². The van der Waals surface area contributed by atoms with Crippen molar-refractivity contribution in [1.82, 2.24) is 5.32 Å². The number of aromatic hydroxyl groups is 1. The van der Waals surface area contributed by atoms with Crippen LogP contribution < -0.4 is 5.32 Å². The number of non-ortho nitro benzene ring substituents is 1. The summed E-state index contributed by atoms with van der Waals surface area (Å²) >= 11 is 5.88. The molecule has 2 N–H and O–H groups in total. The van der Waals surface area contributed by atoms with E-state index in [2.05, 4.69) is 5.32 Å². The molecule has 1 amide bonds. The molecular weight excluding hydrogens is 296 g/mol. The predicted molar refractivity (Wildman–Crippen MR) is 77.4 cm³/mol. The van der Waals surface area contributed by atoms with Crippen LogP contribution in [0.3, 0.4) is 0 Å². The molecule has 0 aliphatic carbocycles. The number of nitro groups is 1. The summed E-state index contributed by atoms with van der Waals surface area (Å²) in [7, 11) is 0. The highest BCUT2D eigenvalue weighted by Gasteiger charge is 2.15. The molecule has 2 rings (SSSR count). The van der Waals surface area contributed by atoms with Crippen LogP contribution in [0, 0.1) is 10.1 Å². The van der Waals surface area contributed by atoms with Crippen molar-refractivity contribution in [3.8, 4) is 5.75 Å². The van der Waals surface area contributed by atoms with E-state index < -0.39 is 10.8 Å². The fourth-order valence-electron chi connectivity index (χ4n) is 1.73. The van der Waals surface area contributed by atoms with E-state index in [0.29, 0.717) is 5.56 Å². The third-order valence-electron chi connectivity index (χ3n) is 2.84. The van der Waals surface area contributed by atoms with Crippen molar-refractivity contribution >= 4 is 23.2 Å². The molecule has 0 aliphatic heterocycles. The Bertz CT molecular complexity index is 703. The minimum atomic E-state index is -0.601. The second-order valence-electron chi connectivity index (χ2n) is 4.23. The summed E-state index contributed by atoms with van der Waals surface area (Å²) in [6, 6.07) is 10.2. The molecule has 0 aromatic heterocycles. The zero-order valence-electron chi connectivity index (χ0n) is 10.7. The van der Waals surface area contributed by atoms with E-state index in [1.165, 1.54) is 18.2 Å². The maximum atomic E-state index is 12.0. The van der Waals surface area contributed by atoms with Gasteiger partial charge < -0.3 is 10.4 Å². The summed E-state index contributed by atoms with van der Waals surface area (Å²) in [5.41, 5.74) is 0.334. The molecule has 0 spiro atoms. The molecule has 0 heterocycles. The van der Waals surface area contributed by atoms with E-state index in [9.17, 15) is 20.0 Å². The molecule has 108 valence electrons. The van der Waals surface area contributed by atoms with Gasteiger partial charge in [-0.25, -0.2) is 0 Å². The van der Waals surface area contributed by atoms with Gasteiger partial charge in [-0.3, -0.25) is 14.9 Å². The molecular formula is C14H11ClN2O4. The van der Waals surface area contributed by atoms with Gasteiger partial charge >= 0.3 is 0 Å². The highest BCUT2D eigenvalue weighted by atomic mass is 35.5. The lowest BCUT2D eigenvalue weighted by molar-refractivity contribution is -0.384. The van der Waals surface area contributed by atoms with Crippen LogP contribution in [0.15, 0.2) is 42.5 Å². The van der Waals surface area contributed by atoms with Crippen molar-refractivity contribution in [3.05, 3.63) is 68.7 Å². The fourth-order valence-corrected chi connectivity index (χ4v) is 1.94. The zero-order chi connectivity index (χ0) is 15.4. The third-order valence-corrected chi connectivity index (χ3v) is 3.17. The van der Waals surface area contributed by atoms with Crippen molar-refractivity contribution in [2.75, 3.05) is 0 Å². The number of benzene rings is 2. The first kappa shape index (κ1) is 14.8. The van der Waals surface area contributed by atoms with Gasteiger partial charge in [0.25, 0.3) is 11.6 Å². The van der Waals surface area contributed by atoms with Crippen LogP contribution in [0.4, 0.5) is 5.69 Å². The third kappa shape index (κ3) is 3.49. The Morgan fingerprint density at radius 2 is 2.00 bits per heavy atom. The van der Waals surface area contributed by atoms with Crippen molar-refractivity contribution in [3.63, 3.8) is 0 Å². The smallest absolute Gasteiger partial charge is 0.270 e. The van der Waals surface area contributed by atoms with Crippen molar-refractivity contribution in [1.29, 1.82) is 0 Å². The van der Waals surface area contributed by atoms with Crippen LogP contribution in [-0.2, 0) is 6.54 Å². The molecule has 2 aromatic carbocycles. The standard InChI is InChI=1S/C14H11ClN2O4/c15-12-6-5-10(17(20)21)7-11(12)14(19)16-8-9-3-1-2-4-13(9)18/h1-7,18H,8H2,(H,16,19). The summed E-state index contributed by atoms with van der Waals surface area (Å²) in [5, 5.41) is 23.0. The Balaban J connectivity index is 2.15. The average Bonchev–Trinajstić information content (AvgIpc) is 2.46. The normalized spacial score (nSPS) is 10.1. The number of hydrogen-bond donors (Lipinski definition) is 2. The lowest BCUT2D eigenvalue weighted by Gasteiger charge is -2.08. The zero-order valence-corrected chi connectivity index (χ0v) is 11.5. The maximum Gasteiger partial charge on any atom is 0.270 e. The fraction of sp³-hybridized carbons (Fsp3) is 0.0714. The number of carbonyl (C=O) groups excluding carboxylic acids is 1. The van der Waals surface area contributed by atoms with Gasteiger partial charge in [0.2, 0.25) is 0 Å². The Morgan fingerprint density at radius 3 is 2.67 bits per heavy atom. The first-order chi connectivity index (χ1) is 9.99. The molecule has 0 atom stereocenters. The molecule has 0 saturated carbocycles. The predicted octanol–water partition coefficient (Wildman–Crippen LogP) is 2.88. The van der Waals surface area contributed by atoms with Crippen molar-refractivity contribution in [2.24, 2.45) is 0 Å². The SMILES string of the molecule is O=C(NCc1ccccc1O)c1cc([N+](=O)[O-])ccc1Cl. The molecule has 0 fully saturated rings. The van der Waals surface area contributed by atoms with E-state index in [4.69, 9.17) is 11.6 Å². The Hall–Kier alpha value is -2.60. The number of phenols is 1. The monoisotopic (exact) mass is 306 g/mol. The summed E-state index contributed by atoms with van der Waals surface area (Å²) in [5.74, 6) is -0.491. The van der Waals surface area contributed by atoms with Crippen LogP contribution in [0.25, 0.3) is 0 Å². The van der Waals surface area contributed by atoms with Crippen LogP contribution in [0.2, 0.25) is 5.02 Å². The van der Waals surface area contributed by atoms with Gasteiger partial charge in [0.1, 0.15) is 5.75 Å². The van der Waals surface area contributed by atoms with Gasteiger partial charge in [0.15, 0.2) is 0 Å². The van der Waals surface area contributed by atoms with Crippen LogP contribution in [0.5, 0.6) is 5.75 Å². The second-order valence-corrected chi connectivity index (χ2v) is 4.64. The van der Waals surface area contributed by atoms with Gasteiger partial charge in [-0.15, -0.1) is 0 Å². The van der Waals surface area contributed by atoms with Crippen LogP contribution >= 0.6 is 11.6 Å². The topological polar surface area (TPSA) is 92.5 Å². The molecule has 6 nitrogen and oxygen atoms in total. The van der Waals surface area contributed by atoms with Gasteiger partial charge in [-0.05, 0) is 12.1 Å². The Morgan fingerprint density at radius 1 is 1.29 bits per heavy atom. The summed E-state index contributed by atoms with van der Waals surface area (Å²) in [6.45, 7) is 0.0878. The number of carbonyl (C=O) groups is 1. The highest BCUT2D eigenvalue weighted by Crippen LogP contribution is 2.22. The first-order valence-electron chi connectivity index (χ1n) is 5.98. The molecule has 0 bridgehead atoms. The molecule has 7 heteroatoms. The number of para-hydroxylation sites is 1. The summed E-state index contributed by atoms with van der Waals surface area (Å²) in [6.07, 6.45) is 0. The van der Waals surface area contributed by atoms with E-state index in [1.807, 2.05) is 0 Å². The van der Waals surface area contributed by atoms with E-state index in [-0.39, 0.29) is 28.6 Å². The number of rotatable bonds is 4. The molecule has 0 radical (unpaired) electrons. The minimum Gasteiger partial charge on any atom is -0.508 e. The van der Waals surface area contributed by atoms with E-state index >= 15 is 0 Å². The molecule has 0 saturated heterocycles. The van der Waals surface area contributed by atoms with Crippen LogP contribution in [-0.4, -0.2) is 15.9 Å². The Labute approximate surface area is 125 Å². The number of amides is 1. The molecule has 0 aliphatic rings. The van der Waals surface area contributed by atoms with E-state index in [0.717, 1.165) is 6.07 Å². The lowest BCUT2D eigenvalue weighted by atomic mass is 10.1. The van der Waals surface area contributed by atoms with Gasteiger partial charge in [0, 0.05) is 24.2 Å². The maximum absolute atomic E-state index is 12.0.